The summed E-state index contributed by atoms with van der Waals surface area (Å²) in [6.45, 7) is 7.68. The summed E-state index contributed by atoms with van der Waals surface area (Å²) in [5.74, 6) is -4.17. The van der Waals surface area contributed by atoms with Gasteiger partial charge in [0, 0.05) is 28.9 Å². The number of hydrogen-bond donors (Lipinski definition) is 1. The van der Waals surface area contributed by atoms with Gasteiger partial charge in [0.05, 0.1) is 35.3 Å². The van der Waals surface area contributed by atoms with E-state index in [4.69, 9.17) is 4.74 Å². The average Bonchev–Trinajstić information content (AvgIpc) is 3.51. The lowest BCUT2D eigenvalue weighted by atomic mass is 9.85. The van der Waals surface area contributed by atoms with Crippen LogP contribution in [0.3, 0.4) is 0 Å². The van der Waals surface area contributed by atoms with Crippen molar-refractivity contribution in [3.63, 3.8) is 0 Å². The molecule has 0 spiro atoms. The smallest absolute Gasteiger partial charge is 0.462 e. The summed E-state index contributed by atoms with van der Waals surface area (Å²) in [6, 6.07) is 4.84. The molecule has 0 aliphatic heterocycles. The molecule has 4 rings (SSSR count). The molecule has 0 bridgehead atoms. The lowest BCUT2D eigenvalue weighted by molar-refractivity contribution is -0.274. The van der Waals surface area contributed by atoms with E-state index in [-0.39, 0.29) is 47.4 Å². The first-order chi connectivity index (χ1) is 19.2. The van der Waals surface area contributed by atoms with Crippen molar-refractivity contribution in [3.8, 4) is 11.4 Å². The first-order valence-electron chi connectivity index (χ1n) is 13.1. The van der Waals surface area contributed by atoms with Crippen molar-refractivity contribution in [1.82, 2.24) is 9.55 Å². The molecule has 41 heavy (non-hydrogen) atoms. The van der Waals surface area contributed by atoms with Gasteiger partial charge >= 0.3 is 12.3 Å². The number of amides is 1. The molecular weight excluding hydrogens is 549 g/mol. The summed E-state index contributed by atoms with van der Waals surface area (Å²) in [4.78, 5) is 30.6. The Bertz CT molecular complexity index is 1460. The summed E-state index contributed by atoms with van der Waals surface area (Å²) < 4.78 is 78.2. The number of nitrogens with one attached hydrogen (secondary N) is 1. The fraction of sp³-hybridized carbons (Fsp3) is 0.414. The summed E-state index contributed by atoms with van der Waals surface area (Å²) in [6.07, 6.45) is 0.219. The van der Waals surface area contributed by atoms with Crippen molar-refractivity contribution in [3.05, 3.63) is 71.3 Å². The number of hydrogen-bond acceptors (Lipinski definition) is 5. The predicted molar refractivity (Wildman–Crippen MR) is 140 cm³/mol. The van der Waals surface area contributed by atoms with Crippen molar-refractivity contribution in [2.24, 2.45) is 0 Å². The highest BCUT2D eigenvalue weighted by molar-refractivity contribution is 6.03. The highest BCUT2D eigenvalue weighted by Gasteiger charge is 2.53. The Balaban J connectivity index is 1.65. The normalized spacial score (nSPS) is 14.5. The zero-order chi connectivity index (χ0) is 30.2. The molecule has 0 radical (unpaired) electrons. The Kier molecular flexibility index (Phi) is 8.15. The molecule has 1 aliphatic carbocycles. The van der Waals surface area contributed by atoms with Gasteiger partial charge in [-0.25, -0.2) is 18.6 Å². The minimum Gasteiger partial charge on any atom is -0.462 e. The van der Waals surface area contributed by atoms with E-state index in [1.807, 2.05) is 20.8 Å². The van der Waals surface area contributed by atoms with Gasteiger partial charge in [-0.1, -0.05) is 33.3 Å². The van der Waals surface area contributed by atoms with Crippen LogP contribution in [0.4, 0.5) is 27.6 Å². The standard InChI is InChI=1S/C29H30F5N3O4/c1-5-9-27(3,4)23-15-37(16-35-23)24-19(25(38)40-6-2)12-17(13-22(24)31)36-26(39)28(10-11-28)20-8-7-18(14-21(20)30)41-29(32,33)34/h7-8,12-16H,5-6,9-11H2,1-4H3,(H,36,39). The molecule has 2 aromatic carbocycles. The third-order valence-corrected chi connectivity index (χ3v) is 7.10. The molecule has 1 heterocycles. The van der Waals surface area contributed by atoms with Crippen molar-refractivity contribution in [2.75, 3.05) is 11.9 Å². The molecular formula is C29H30F5N3O4. The van der Waals surface area contributed by atoms with Crippen LogP contribution in [-0.4, -0.2) is 34.4 Å². The number of anilines is 1. The Hall–Kier alpha value is -3.96. The van der Waals surface area contributed by atoms with E-state index in [1.165, 1.54) is 17.0 Å². The largest absolute Gasteiger partial charge is 0.573 e. The molecule has 3 aromatic rings. The topological polar surface area (TPSA) is 82.5 Å². The summed E-state index contributed by atoms with van der Waals surface area (Å²) in [7, 11) is 0. The lowest BCUT2D eigenvalue weighted by Crippen LogP contribution is -2.29. The van der Waals surface area contributed by atoms with Gasteiger partial charge in [-0.3, -0.25) is 4.79 Å². The van der Waals surface area contributed by atoms with Gasteiger partial charge in [0.2, 0.25) is 5.91 Å². The van der Waals surface area contributed by atoms with E-state index in [2.05, 4.69) is 15.0 Å². The number of carbonyl (C=O) groups excluding carboxylic acids is 2. The first kappa shape index (κ1) is 30.0. The van der Waals surface area contributed by atoms with Crippen molar-refractivity contribution in [2.45, 2.75) is 70.6 Å². The van der Waals surface area contributed by atoms with Crippen LogP contribution in [0, 0.1) is 11.6 Å². The van der Waals surface area contributed by atoms with Crippen molar-refractivity contribution < 1.29 is 41.0 Å². The Labute approximate surface area is 233 Å². The number of carbonyl (C=O) groups is 2. The van der Waals surface area contributed by atoms with Crippen LogP contribution in [-0.2, 0) is 20.4 Å². The Morgan fingerprint density at radius 3 is 2.37 bits per heavy atom. The minimum absolute atomic E-state index is 0.0195. The number of halogens is 5. The number of nitrogens with zero attached hydrogens (tertiary/aromatic N) is 2. The van der Waals surface area contributed by atoms with E-state index in [0.29, 0.717) is 11.8 Å². The molecule has 1 aliphatic rings. The van der Waals surface area contributed by atoms with Crippen LogP contribution in [0.25, 0.3) is 5.69 Å². The molecule has 7 nitrogen and oxygen atoms in total. The second-order valence-electron chi connectivity index (χ2n) is 10.6. The number of ether oxygens (including phenoxy) is 2. The second-order valence-corrected chi connectivity index (χ2v) is 10.6. The number of rotatable bonds is 10. The van der Waals surface area contributed by atoms with E-state index in [0.717, 1.165) is 31.0 Å². The number of alkyl halides is 3. The molecule has 1 saturated carbocycles. The van der Waals surface area contributed by atoms with Gasteiger partial charge in [-0.05, 0) is 44.4 Å². The van der Waals surface area contributed by atoms with Crippen LogP contribution in [0.2, 0.25) is 0 Å². The van der Waals surface area contributed by atoms with Crippen LogP contribution in [0.1, 0.15) is 75.0 Å². The molecule has 0 atom stereocenters. The summed E-state index contributed by atoms with van der Waals surface area (Å²) in [5, 5.41) is 2.54. The first-order valence-corrected chi connectivity index (χ1v) is 13.1. The fourth-order valence-corrected chi connectivity index (χ4v) is 4.92. The highest BCUT2D eigenvalue weighted by atomic mass is 19.4. The van der Waals surface area contributed by atoms with Crippen LogP contribution in [0.15, 0.2) is 42.9 Å². The van der Waals surface area contributed by atoms with Crippen LogP contribution >= 0.6 is 0 Å². The van der Waals surface area contributed by atoms with Gasteiger partial charge in [-0.2, -0.15) is 0 Å². The maximum atomic E-state index is 15.6. The molecule has 0 unspecified atom stereocenters. The minimum atomic E-state index is -5.00. The maximum Gasteiger partial charge on any atom is 0.573 e. The van der Waals surface area contributed by atoms with Crippen molar-refractivity contribution in [1.29, 1.82) is 0 Å². The van der Waals surface area contributed by atoms with E-state index >= 15 is 4.39 Å². The van der Waals surface area contributed by atoms with Gasteiger partial charge in [0.15, 0.2) is 0 Å². The number of esters is 1. The van der Waals surface area contributed by atoms with E-state index in [1.54, 1.807) is 13.1 Å². The van der Waals surface area contributed by atoms with Crippen LogP contribution < -0.4 is 10.1 Å². The van der Waals surface area contributed by atoms with Gasteiger partial charge in [-0.15, -0.1) is 13.2 Å². The Morgan fingerprint density at radius 2 is 1.78 bits per heavy atom. The molecule has 0 saturated heterocycles. The maximum absolute atomic E-state index is 15.6. The number of benzene rings is 2. The third-order valence-electron chi connectivity index (χ3n) is 7.10. The summed E-state index contributed by atoms with van der Waals surface area (Å²) in [5.41, 5.74) is -1.43. The zero-order valence-electron chi connectivity index (χ0n) is 23.0. The summed E-state index contributed by atoms with van der Waals surface area (Å²) >= 11 is 0. The highest BCUT2D eigenvalue weighted by Crippen LogP contribution is 2.50. The Morgan fingerprint density at radius 1 is 1.07 bits per heavy atom. The molecule has 12 heteroatoms. The van der Waals surface area contributed by atoms with E-state index < -0.39 is 41.0 Å². The monoisotopic (exact) mass is 579 g/mol. The zero-order valence-corrected chi connectivity index (χ0v) is 23.0. The van der Waals surface area contributed by atoms with E-state index in [9.17, 15) is 27.2 Å². The predicted octanol–water partition coefficient (Wildman–Crippen LogP) is 6.97. The molecule has 1 N–H and O–H groups in total. The second kappa shape index (κ2) is 11.1. The number of imidazole rings is 1. The molecule has 1 fully saturated rings. The van der Waals surface area contributed by atoms with Crippen molar-refractivity contribution >= 4 is 17.6 Å². The van der Waals surface area contributed by atoms with Gasteiger partial charge < -0.3 is 19.4 Å². The molecule has 1 aromatic heterocycles. The molecule has 220 valence electrons. The molecule has 1 amide bonds. The van der Waals surface area contributed by atoms with Crippen LogP contribution in [0.5, 0.6) is 5.75 Å². The SMILES string of the molecule is CCCC(C)(C)c1cn(-c2c(F)cc(NC(=O)C3(c4ccc(OC(F)(F)F)cc4F)CC3)cc2C(=O)OCC)cn1. The quantitative estimate of drug-likeness (QED) is 0.207. The van der Waals surface area contributed by atoms with Gasteiger partial charge in [0.25, 0.3) is 0 Å². The fourth-order valence-electron chi connectivity index (χ4n) is 4.92. The lowest BCUT2D eigenvalue weighted by Gasteiger charge is -2.21. The average molecular weight is 580 g/mol. The van der Waals surface area contributed by atoms with Gasteiger partial charge in [0.1, 0.15) is 17.4 Å². The third kappa shape index (κ3) is 6.36. The number of aromatic nitrogens is 2.